The fourth-order valence-corrected chi connectivity index (χ4v) is 2.13. The van der Waals surface area contributed by atoms with Gasteiger partial charge >= 0.3 is 5.91 Å². The van der Waals surface area contributed by atoms with Crippen LogP contribution in [0.1, 0.15) is 6.42 Å². The second-order valence-corrected chi connectivity index (χ2v) is 3.97. The van der Waals surface area contributed by atoms with E-state index in [0.717, 1.165) is 10.8 Å². The number of rotatable bonds is 0. The van der Waals surface area contributed by atoms with Crippen molar-refractivity contribution in [3.8, 4) is 5.75 Å². The van der Waals surface area contributed by atoms with Crippen molar-refractivity contribution >= 4 is 29.1 Å². The highest BCUT2D eigenvalue weighted by molar-refractivity contribution is 6.13. The molecule has 1 amide bonds. The SMILES string of the molecule is C[N+]1=c2cc(N)c(O)c3c2=C(C=N3)CC1=O. The topological polar surface area (TPSA) is 78.7 Å². The van der Waals surface area contributed by atoms with Crippen LogP contribution in [0.4, 0.5) is 11.4 Å². The monoisotopic (exact) mass is 216 g/mol. The maximum absolute atomic E-state index is 11.7. The number of carbonyl (C=O) groups is 1. The smallest absolute Gasteiger partial charge is 0.391 e. The first-order valence-corrected chi connectivity index (χ1v) is 4.92. The molecule has 0 atom stereocenters. The van der Waals surface area contributed by atoms with E-state index in [4.69, 9.17) is 5.73 Å². The molecule has 3 N–H and O–H groups in total. The zero-order chi connectivity index (χ0) is 11.4. The van der Waals surface area contributed by atoms with Crippen molar-refractivity contribution in [1.29, 1.82) is 0 Å². The van der Waals surface area contributed by atoms with Crippen molar-refractivity contribution in [1.82, 2.24) is 4.58 Å². The van der Waals surface area contributed by atoms with Crippen LogP contribution in [-0.2, 0) is 4.79 Å². The van der Waals surface area contributed by atoms with E-state index in [9.17, 15) is 9.90 Å². The van der Waals surface area contributed by atoms with Crippen molar-refractivity contribution < 1.29 is 9.90 Å². The maximum atomic E-state index is 11.7. The van der Waals surface area contributed by atoms with E-state index in [-0.39, 0.29) is 17.3 Å². The molecule has 0 fully saturated rings. The van der Waals surface area contributed by atoms with Gasteiger partial charge in [0.25, 0.3) is 0 Å². The number of hydrogen-bond acceptors (Lipinski definition) is 4. The highest BCUT2D eigenvalue weighted by Gasteiger charge is 2.28. The highest BCUT2D eigenvalue weighted by atomic mass is 16.3. The first kappa shape index (κ1) is 9.08. The van der Waals surface area contributed by atoms with E-state index in [1.807, 2.05) is 0 Å². The van der Waals surface area contributed by atoms with E-state index in [1.165, 1.54) is 0 Å². The summed E-state index contributed by atoms with van der Waals surface area (Å²) in [6.45, 7) is 0. The average molecular weight is 216 g/mol. The molecule has 80 valence electrons. The Balaban J connectivity index is 2.63. The number of nitrogens with two attached hydrogens (primary N) is 1. The molecule has 0 unspecified atom stereocenters. The summed E-state index contributed by atoms with van der Waals surface area (Å²) in [4.78, 5) is 15.8. The Bertz CT molecular complexity index is 686. The van der Waals surface area contributed by atoms with Gasteiger partial charge < -0.3 is 10.8 Å². The molecule has 5 nitrogen and oxygen atoms in total. The van der Waals surface area contributed by atoms with E-state index >= 15 is 0 Å². The minimum absolute atomic E-state index is 0.00638. The van der Waals surface area contributed by atoms with Crippen LogP contribution in [0.3, 0.4) is 0 Å². The zero-order valence-electron chi connectivity index (χ0n) is 8.69. The van der Waals surface area contributed by atoms with Crippen molar-refractivity contribution in [2.24, 2.45) is 4.99 Å². The number of phenols is 1. The Hall–Kier alpha value is -2.17. The van der Waals surface area contributed by atoms with Crippen LogP contribution >= 0.6 is 0 Å². The molecule has 0 saturated heterocycles. The molecular weight excluding hydrogens is 206 g/mol. The first-order valence-electron chi connectivity index (χ1n) is 4.92. The normalized spacial score (nSPS) is 16.9. The maximum Gasteiger partial charge on any atom is 0.391 e. The summed E-state index contributed by atoms with van der Waals surface area (Å²) < 4.78 is 1.55. The van der Waals surface area contributed by atoms with Crippen molar-refractivity contribution in [2.45, 2.75) is 6.42 Å². The molecule has 0 aliphatic carbocycles. The Morgan fingerprint density at radius 3 is 3.06 bits per heavy atom. The number of aliphatic imine (C=N–C) groups is 1. The summed E-state index contributed by atoms with van der Waals surface area (Å²) >= 11 is 0. The van der Waals surface area contributed by atoms with Crippen molar-refractivity contribution in [3.05, 3.63) is 16.6 Å². The van der Waals surface area contributed by atoms with E-state index < -0.39 is 0 Å². The van der Waals surface area contributed by atoms with Crippen LogP contribution in [0.25, 0.3) is 5.57 Å². The van der Waals surface area contributed by atoms with Crippen LogP contribution in [0, 0.1) is 0 Å². The number of benzene rings is 1. The summed E-state index contributed by atoms with van der Waals surface area (Å²) in [6.07, 6.45) is 1.95. The van der Waals surface area contributed by atoms with Gasteiger partial charge in [0.2, 0.25) is 5.36 Å². The second-order valence-electron chi connectivity index (χ2n) is 3.97. The predicted molar refractivity (Wildman–Crippen MR) is 60.1 cm³/mol. The number of nitrogen functional groups attached to an aromatic ring is 1. The summed E-state index contributed by atoms with van der Waals surface area (Å²) in [5.41, 5.74) is 7.25. The molecule has 3 rings (SSSR count). The Labute approximate surface area is 90.9 Å². The summed E-state index contributed by atoms with van der Waals surface area (Å²) in [5.74, 6) is -0.000334. The quantitative estimate of drug-likeness (QED) is 0.328. The predicted octanol–water partition coefficient (Wildman–Crippen LogP) is -1.11. The second kappa shape index (κ2) is 2.69. The molecular formula is C11H10N3O2+. The Morgan fingerprint density at radius 2 is 2.31 bits per heavy atom. The standard InChI is InChI=1S/C11H9N3O2/c1-14-7-3-6(12)11(16)10-9(7)5(4-13-10)2-8(14)15/h3-4H,2H2,1H3,(H2,12,13,16)/p+1. The van der Waals surface area contributed by atoms with Gasteiger partial charge in [-0.25, -0.2) is 4.79 Å². The molecule has 0 saturated carbocycles. The third kappa shape index (κ3) is 0.920. The van der Waals surface area contributed by atoms with E-state index in [1.54, 1.807) is 23.9 Å². The zero-order valence-corrected chi connectivity index (χ0v) is 8.69. The molecule has 1 aromatic rings. The van der Waals surface area contributed by atoms with Gasteiger partial charge in [0, 0.05) is 17.9 Å². The molecule has 2 aliphatic heterocycles. The summed E-state index contributed by atoms with van der Waals surface area (Å²) in [7, 11) is 1.70. The molecule has 16 heavy (non-hydrogen) atoms. The molecule has 2 heterocycles. The molecule has 0 spiro atoms. The Kier molecular flexibility index (Phi) is 1.53. The number of nitrogens with zero attached hydrogens (tertiary/aromatic N) is 2. The fourth-order valence-electron chi connectivity index (χ4n) is 2.13. The first-order chi connectivity index (χ1) is 7.59. The van der Waals surface area contributed by atoms with Crippen molar-refractivity contribution in [3.63, 3.8) is 0 Å². The van der Waals surface area contributed by atoms with E-state index in [2.05, 4.69) is 4.99 Å². The molecule has 5 heteroatoms. The lowest BCUT2D eigenvalue weighted by atomic mass is 10.1. The number of hydrogen-bond donors (Lipinski definition) is 2. The van der Waals surface area contributed by atoms with Crippen LogP contribution in [0.15, 0.2) is 11.1 Å². The van der Waals surface area contributed by atoms with Crippen LogP contribution in [0.5, 0.6) is 5.75 Å². The van der Waals surface area contributed by atoms with Gasteiger partial charge in [-0.1, -0.05) is 0 Å². The van der Waals surface area contributed by atoms with Gasteiger partial charge in [-0.15, -0.1) is 0 Å². The number of carbonyl (C=O) groups excluding carboxylic acids is 1. The van der Waals surface area contributed by atoms with Crippen molar-refractivity contribution in [2.75, 3.05) is 12.8 Å². The van der Waals surface area contributed by atoms with Crippen LogP contribution in [-0.4, -0.2) is 24.3 Å². The van der Waals surface area contributed by atoms with Gasteiger partial charge in [0.1, 0.15) is 19.2 Å². The number of phenolic OH excluding ortho intramolecular Hbond substituents is 1. The minimum atomic E-state index is -0.00671. The summed E-state index contributed by atoms with van der Waals surface area (Å²) in [6, 6.07) is 1.61. The van der Waals surface area contributed by atoms with Gasteiger partial charge in [0.05, 0.1) is 10.9 Å². The third-order valence-electron chi connectivity index (χ3n) is 3.03. The lowest BCUT2D eigenvalue weighted by Crippen LogP contribution is -2.45. The number of aromatic hydroxyl groups is 1. The molecule has 0 radical (unpaired) electrons. The fraction of sp³-hybridized carbons (Fsp3) is 0.182. The number of amides is 1. The third-order valence-corrected chi connectivity index (χ3v) is 3.03. The molecule has 0 bridgehead atoms. The van der Waals surface area contributed by atoms with Crippen LogP contribution < -0.4 is 20.9 Å². The highest BCUT2D eigenvalue weighted by Crippen LogP contribution is 2.30. The molecule has 1 aromatic carbocycles. The summed E-state index contributed by atoms with van der Waals surface area (Å²) in [5, 5.41) is 11.3. The van der Waals surface area contributed by atoms with Gasteiger partial charge in [-0.2, -0.15) is 4.58 Å². The lowest BCUT2D eigenvalue weighted by molar-refractivity contribution is -0.121. The molecule has 0 aromatic heterocycles. The largest absolute Gasteiger partial charge is 0.504 e. The van der Waals surface area contributed by atoms with Crippen LogP contribution in [0.2, 0.25) is 0 Å². The van der Waals surface area contributed by atoms with Gasteiger partial charge in [0.15, 0.2) is 5.75 Å². The Morgan fingerprint density at radius 1 is 1.56 bits per heavy atom. The molecule has 2 aliphatic rings. The lowest BCUT2D eigenvalue weighted by Gasteiger charge is -2.05. The van der Waals surface area contributed by atoms with Gasteiger partial charge in [-0.05, 0) is 0 Å². The minimum Gasteiger partial charge on any atom is -0.504 e. The van der Waals surface area contributed by atoms with E-state index in [0.29, 0.717) is 17.5 Å². The van der Waals surface area contributed by atoms with Gasteiger partial charge in [-0.3, -0.25) is 4.99 Å². The number of anilines is 1. The average Bonchev–Trinajstić information content (AvgIpc) is 2.66.